The molecule has 2 aromatic rings. The van der Waals surface area contributed by atoms with Crippen molar-refractivity contribution in [1.29, 1.82) is 0 Å². The van der Waals surface area contributed by atoms with E-state index in [2.05, 4.69) is 21.8 Å². The molecule has 1 aliphatic carbocycles. The van der Waals surface area contributed by atoms with E-state index in [0.717, 1.165) is 43.0 Å². The molecule has 4 heterocycles. The third-order valence-electron chi connectivity index (χ3n) is 7.33. The largest absolute Gasteiger partial charge is 0.327 e. The highest BCUT2D eigenvalue weighted by Gasteiger charge is 2.35. The number of pyridine rings is 1. The first kappa shape index (κ1) is 20.4. The number of hydrogen-bond donors (Lipinski definition) is 1. The fourth-order valence-corrected chi connectivity index (χ4v) is 5.47. The zero-order valence-corrected chi connectivity index (χ0v) is 18.2. The Morgan fingerprint density at radius 3 is 2.74 bits per heavy atom. The van der Waals surface area contributed by atoms with E-state index < -0.39 is 0 Å². The van der Waals surface area contributed by atoms with Gasteiger partial charge in [-0.2, -0.15) is 0 Å². The van der Waals surface area contributed by atoms with Crippen LogP contribution >= 0.6 is 0 Å². The molecule has 7 nitrogen and oxygen atoms in total. The third kappa shape index (κ3) is 4.03. The molecule has 1 N–H and O–H groups in total. The molecule has 2 aliphatic heterocycles. The Hall–Kier alpha value is -2.54. The lowest BCUT2D eigenvalue weighted by Gasteiger charge is -2.38. The topological polar surface area (TPSA) is 82.2 Å². The second kappa shape index (κ2) is 8.54. The summed E-state index contributed by atoms with van der Waals surface area (Å²) in [6.45, 7) is 4.65. The Kier molecular flexibility index (Phi) is 5.61. The van der Waals surface area contributed by atoms with E-state index in [-0.39, 0.29) is 17.5 Å². The van der Waals surface area contributed by atoms with Crippen LogP contribution in [0.25, 0.3) is 0 Å². The fourth-order valence-electron chi connectivity index (χ4n) is 5.47. The zero-order valence-electron chi connectivity index (χ0n) is 18.2. The van der Waals surface area contributed by atoms with Crippen molar-refractivity contribution in [1.82, 2.24) is 24.8 Å². The van der Waals surface area contributed by atoms with Crippen LogP contribution in [0, 0.1) is 5.92 Å². The molecule has 2 aromatic heterocycles. The molecule has 5 rings (SSSR count). The summed E-state index contributed by atoms with van der Waals surface area (Å²) < 4.78 is 0. The van der Waals surface area contributed by atoms with Crippen LogP contribution in [-0.2, 0) is 13.0 Å². The first-order valence-corrected chi connectivity index (χ1v) is 11.7. The van der Waals surface area contributed by atoms with Crippen molar-refractivity contribution in [2.24, 2.45) is 5.92 Å². The summed E-state index contributed by atoms with van der Waals surface area (Å²) in [5.74, 6) is 1.36. The van der Waals surface area contributed by atoms with E-state index in [1.165, 1.54) is 25.7 Å². The Balaban J connectivity index is 1.36. The fraction of sp³-hybridized carbons (Fsp3) is 0.583. The van der Waals surface area contributed by atoms with E-state index in [1.807, 2.05) is 11.0 Å². The quantitative estimate of drug-likeness (QED) is 0.824. The van der Waals surface area contributed by atoms with Crippen LogP contribution in [0.3, 0.4) is 0 Å². The van der Waals surface area contributed by atoms with E-state index >= 15 is 0 Å². The third-order valence-corrected chi connectivity index (χ3v) is 7.33. The summed E-state index contributed by atoms with van der Waals surface area (Å²) >= 11 is 0. The minimum Gasteiger partial charge on any atom is -0.327 e. The maximum atomic E-state index is 13.0. The first-order chi connectivity index (χ1) is 15.1. The Bertz CT molecular complexity index is 997. The van der Waals surface area contributed by atoms with Gasteiger partial charge >= 0.3 is 0 Å². The highest BCUT2D eigenvalue weighted by molar-refractivity contribution is 5.92. The molecule has 2 fully saturated rings. The number of fused-ring (bicyclic) bond motifs is 1. The summed E-state index contributed by atoms with van der Waals surface area (Å²) in [6.07, 6.45) is 9.17. The van der Waals surface area contributed by atoms with E-state index in [4.69, 9.17) is 4.98 Å². The van der Waals surface area contributed by atoms with Gasteiger partial charge in [-0.15, -0.1) is 0 Å². The number of amides is 1. The number of likely N-dealkylation sites (tertiary alicyclic amines) is 1. The molecular weight excluding hydrogens is 390 g/mol. The van der Waals surface area contributed by atoms with Gasteiger partial charge in [0, 0.05) is 38.3 Å². The van der Waals surface area contributed by atoms with Crippen LogP contribution < -0.4 is 5.56 Å². The number of H-pyrrole nitrogens is 1. The Morgan fingerprint density at radius 2 is 1.97 bits per heavy atom. The lowest BCUT2D eigenvalue weighted by molar-refractivity contribution is 0.0723. The molecular formula is C24H31N5O2. The summed E-state index contributed by atoms with van der Waals surface area (Å²) in [4.78, 5) is 42.4. The number of nitrogens with zero attached hydrogens (tertiary/aromatic N) is 4. The SMILES string of the molecule is CC1CCC(N2CCc3nc([C@H]4CCCN4C(=O)c4ccccn4)[nH]c(=O)c3C2)CC1. The summed E-state index contributed by atoms with van der Waals surface area (Å²) in [5, 5.41) is 0. The molecule has 0 bridgehead atoms. The molecule has 1 saturated heterocycles. The van der Waals surface area contributed by atoms with Gasteiger partial charge in [-0.05, 0) is 56.6 Å². The van der Waals surface area contributed by atoms with Crippen LogP contribution in [0.1, 0.15) is 79.1 Å². The van der Waals surface area contributed by atoms with E-state index in [9.17, 15) is 9.59 Å². The maximum absolute atomic E-state index is 13.0. The molecule has 1 atom stereocenters. The zero-order chi connectivity index (χ0) is 21.4. The highest BCUT2D eigenvalue weighted by atomic mass is 16.2. The van der Waals surface area contributed by atoms with Crippen molar-refractivity contribution < 1.29 is 4.79 Å². The van der Waals surface area contributed by atoms with Crippen molar-refractivity contribution in [2.75, 3.05) is 13.1 Å². The van der Waals surface area contributed by atoms with Crippen LogP contribution in [0.4, 0.5) is 0 Å². The van der Waals surface area contributed by atoms with E-state index in [1.54, 1.807) is 18.3 Å². The van der Waals surface area contributed by atoms with Gasteiger partial charge in [0.2, 0.25) is 0 Å². The summed E-state index contributed by atoms with van der Waals surface area (Å²) in [7, 11) is 0. The molecule has 3 aliphatic rings. The standard InChI is InChI=1S/C24H31N5O2/c1-16-7-9-17(10-8-16)28-14-11-19-18(15-28)23(30)27-22(26-19)21-6-4-13-29(21)24(31)20-5-2-3-12-25-20/h2-3,5,12,16-17,21H,4,6-11,13-15H2,1H3,(H,26,27,30)/t16?,17?,21-/m1/s1. The van der Waals surface area contributed by atoms with Crippen LogP contribution in [0.5, 0.6) is 0 Å². The van der Waals surface area contributed by atoms with Crippen LogP contribution in [0.15, 0.2) is 29.2 Å². The predicted molar refractivity (Wildman–Crippen MR) is 118 cm³/mol. The van der Waals surface area contributed by atoms with Gasteiger partial charge in [0.25, 0.3) is 11.5 Å². The van der Waals surface area contributed by atoms with Crippen molar-refractivity contribution in [2.45, 2.75) is 70.5 Å². The Morgan fingerprint density at radius 1 is 1.13 bits per heavy atom. The minimum atomic E-state index is -0.189. The van der Waals surface area contributed by atoms with Crippen LogP contribution in [-0.4, -0.2) is 49.8 Å². The van der Waals surface area contributed by atoms with Gasteiger partial charge in [0.15, 0.2) is 0 Å². The van der Waals surface area contributed by atoms with Crippen molar-refractivity contribution in [3.8, 4) is 0 Å². The molecule has 1 saturated carbocycles. The molecule has 0 radical (unpaired) electrons. The predicted octanol–water partition coefficient (Wildman–Crippen LogP) is 3.08. The normalized spacial score (nSPS) is 26.6. The lowest BCUT2D eigenvalue weighted by atomic mass is 9.86. The maximum Gasteiger partial charge on any atom is 0.273 e. The summed E-state index contributed by atoms with van der Waals surface area (Å²) in [6, 6.07) is 5.76. The second-order valence-electron chi connectivity index (χ2n) is 9.38. The van der Waals surface area contributed by atoms with Crippen LogP contribution in [0.2, 0.25) is 0 Å². The first-order valence-electron chi connectivity index (χ1n) is 11.7. The average molecular weight is 422 g/mol. The number of nitrogens with one attached hydrogen (secondary N) is 1. The number of carbonyl (C=O) groups is 1. The molecule has 0 unspecified atom stereocenters. The second-order valence-corrected chi connectivity index (χ2v) is 9.38. The van der Waals surface area contributed by atoms with Gasteiger partial charge in [0.05, 0.1) is 17.3 Å². The smallest absolute Gasteiger partial charge is 0.273 e. The van der Waals surface area contributed by atoms with Gasteiger partial charge in [-0.1, -0.05) is 13.0 Å². The Labute approximate surface area is 182 Å². The average Bonchev–Trinajstić information content (AvgIpc) is 3.29. The van der Waals surface area contributed by atoms with Gasteiger partial charge in [-0.25, -0.2) is 4.98 Å². The van der Waals surface area contributed by atoms with Gasteiger partial charge < -0.3 is 9.88 Å². The number of rotatable bonds is 3. The molecule has 0 spiro atoms. The lowest BCUT2D eigenvalue weighted by Crippen LogP contribution is -2.44. The van der Waals surface area contributed by atoms with Crippen molar-refractivity contribution in [3.05, 3.63) is 57.5 Å². The number of aromatic nitrogens is 3. The van der Waals surface area contributed by atoms with Gasteiger partial charge in [0.1, 0.15) is 11.5 Å². The van der Waals surface area contributed by atoms with Crippen molar-refractivity contribution >= 4 is 5.91 Å². The molecule has 164 valence electrons. The monoisotopic (exact) mass is 421 g/mol. The minimum absolute atomic E-state index is 0.0361. The van der Waals surface area contributed by atoms with Gasteiger partial charge in [-0.3, -0.25) is 19.5 Å². The molecule has 7 heteroatoms. The van der Waals surface area contributed by atoms with Crippen molar-refractivity contribution in [3.63, 3.8) is 0 Å². The molecule has 0 aromatic carbocycles. The number of hydrogen-bond acceptors (Lipinski definition) is 5. The summed E-state index contributed by atoms with van der Waals surface area (Å²) in [5.41, 5.74) is 2.13. The van der Waals surface area contributed by atoms with E-state index in [0.29, 0.717) is 30.6 Å². The molecule has 31 heavy (non-hydrogen) atoms. The highest BCUT2D eigenvalue weighted by Crippen LogP contribution is 2.32. The number of aromatic amines is 1. The molecule has 1 amide bonds. The number of carbonyl (C=O) groups excluding carboxylic acids is 1.